The van der Waals surface area contributed by atoms with Crippen LogP contribution in [-0.2, 0) is 11.3 Å². The van der Waals surface area contributed by atoms with Crippen molar-refractivity contribution in [3.8, 4) is 0 Å². The van der Waals surface area contributed by atoms with Crippen molar-refractivity contribution in [3.63, 3.8) is 0 Å². The number of rotatable bonds is 6. The number of carbonyl (C=O) groups is 1. The number of hydrogen-bond donors (Lipinski definition) is 2. The maximum absolute atomic E-state index is 11.6. The first kappa shape index (κ1) is 15.6. The largest absolute Gasteiger partial charge is 0.294 e. The molecule has 1 heterocycles. The van der Waals surface area contributed by atoms with Crippen LogP contribution in [0.15, 0.2) is 18.2 Å². The third-order valence-corrected chi connectivity index (χ3v) is 3.57. The Morgan fingerprint density at radius 3 is 2.68 bits per heavy atom. The highest BCUT2D eigenvalue weighted by atomic mass is 16.2. The molecule has 19 heavy (non-hydrogen) atoms. The van der Waals surface area contributed by atoms with Gasteiger partial charge in [-0.25, -0.2) is 5.84 Å². The molecule has 0 saturated heterocycles. The van der Waals surface area contributed by atoms with Gasteiger partial charge in [0, 0.05) is 18.3 Å². The van der Waals surface area contributed by atoms with Gasteiger partial charge in [0.2, 0.25) is 5.91 Å². The van der Waals surface area contributed by atoms with Crippen molar-refractivity contribution in [2.45, 2.75) is 40.3 Å². The summed E-state index contributed by atoms with van der Waals surface area (Å²) in [7, 11) is 0. The topological polar surface area (TPSA) is 71.2 Å². The van der Waals surface area contributed by atoms with E-state index in [4.69, 9.17) is 5.84 Å². The number of aryl methyl sites for hydroxylation is 1. The van der Waals surface area contributed by atoms with Crippen LogP contribution in [0.1, 0.15) is 32.2 Å². The molecule has 5 nitrogen and oxygen atoms in total. The zero-order valence-electron chi connectivity index (χ0n) is 12.2. The van der Waals surface area contributed by atoms with Crippen molar-refractivity contribution in [3.05, 3.63) is 29.6 Å². The molecule has 0 radical (unpaired) electrons. The lowest BCUT2D eigenvalue weighted by atomic mass is 10.0. The molecule has 2 unspecified atom stereocenters. The first-order chi connectivity index (χ1) is 8.99. The molecular formula is C14H24N4O. The molecule has 0 aliphatic heterocycles. The molecule has 5 heteroatoms. The second-order valence-electron chi connectivity index (χ2n) is 4.87. The third kappa shape index (κ3) is 4.29. The average molecular weight is 264 g/mol. The monoisotopic (exact) mass is 264 g/mol. The van der Waals surface area contributed by atoms with E-state index in [0.717, 1.165) is 24.5 Å². The summed E-state index contributed by atoms with van der Waals surface area (Å²) in [4.78, 5) is 18.3. The molecule has 0 spiro atoms. The maximum Gasteiger partial charge on any atom is 0.238 e. The lowest BCUT2D eigenvalue weighted by molar-refractivity contribution is -0.126. The van der Waals surface area contributed by atoms with Gasteiger partial charge in [0.1, 0.15) is 0 Å². The van der Waals surface area contributed by atoms with Crippen molar-refractivity contribution in [2.75, 3.05) is 6.54 Å². The van der Waals surface area contributed by atoms with E-state index in [1.54, 1.807) is 0 Å². The summed E-state index contributed by atoms with van der Waals surface area (Å²) in [5, 5.41) is 0. The van der Waals surface area contributed by atoms with Crippen LogP contribution in [0.2, 0.25) is 0 Å². The molecule has 0 fully saturated rings. The van der Waals surface area contributed by atoms with Crippen LogP contribution in [0.5, 0.6) is 0 Å². The van der Waals surface area contributed by atoms with Gasteiger partial charge in [-0.15, -0.1) is 0 Å². The highest BCUT2D eigenvalue weighted by Gasteiger charge is 2.24. The molecule has 0 aromatic carbocycles. The van der Waals surface area contributed by atoms with Crippen molar-refractivity contribution in [1.29, 1.82) is 0 Å². The van der Waals surface area contributed by atoms with Gasteiger partial charge in [-0.1, -0.05) is 19.9 Å². The average Bonchev–Trinajstić information content (AvgIpc) is 2.42. The quantitative estimate of drug-likeness (QED) is 0.460. The first-order valence-electron chi connectivity index (χ1n) is 6.66. The van der Waals surface area contributed by atoms with E-state index in [-0.39, 0.29) is 17.9 Å². The molecule has 1 rings (SSSR count). The summed E-state index contributed by atoms with van der Waals surface area (Å²) >= 11 is 0. The standard InChI is InChI=1S/C14H24N4O/c1-5-18(12(4)11(3)14(19)17-15)9-13-8-6-7-10(2)16-13/h6-8,11-12H,5,9,15H2,1-4H3,(H,17,19). The van der Waals surface area contributed by atoms with Crippen LogP contribution < -0.4 is 11.3 Å². The second-order valence-corrected chi connectivity index (χ2v) is 4.87. The fraction of sp³-hybridized carbons (Fsp3) is 0.571. The van der Waals surface area contributed by atoms with Gasteiger partial charge >= 0.3 is 0 Å². The summed E-state index contributed by atoms with van der Waals surface area (Å²) in [6, 6.07) is 6.10. The normalized spacial score (nSPS) is 14.2. The van der Waals surface area contributed by atoms with Gasteiger partial charge in [0.15, 0.2) is 0 Å². The van der Waals surface area contributed by atoms with E-state index in [1.165, 1.54) is 0 Å². The minimum absolute atomic E-state index is 0.107. The Labute approximate surface area is 115 Å². The Kier molecular flexibility index (Phi) is 5.92. The summed E-state index contributed by atoms with van der Waals surface area (Å²) < 4.78 is 0. The highest BCUT2D eigenvalue weighted by Crippen LogP contribution is 2.14. The Balaban J connectivity index is 2.75. The SMILES string of the molecule is CCN(Cc1cccc(C)n1)C(C)C(C)C(=O)NN. The lowest BCUT2D eigenvalue weighted by Gasteiger charge is -2.31. The molecule has 2 atom stereocenters. The van der Waals surface area contributed by atoms with E-state index in [1.807, 2.05) is 39.0 Å². The minimum Gasteiger partial charge on any atom is -0.294 e. The van der Waals surface area contributed by atoms with E-state index in [2.05, 4.69) is 22.2 Å². The smallest absolute Gasteiger partial charge is 0.238 e. The molecule has 0 aliphatic carbocycles. The van der Waals surface area contributed by atoms with Gasteiger partial charge in [0.25, 0.3) is 0 Å². The molecule has 1 amide bonds. The van der Waals surface area contributed by atoms with Crippen LogP contribution in [0.25, 0.3) is 0 Å². The molecule has 0 bridgehead atoms. The molecule has 3 N–H and O–H groups in total. The van der Waals surface area contributed by atoms with Crippen LogP contribution in [-0.4, -0.2) is 28.4 Å². The molecule has 0 saturated carbocycles. The van der Waals surface area contributed by atoms with E-state index in [9.17, 15) is 4.79 Å². The summed E-state index contributed by atoms with van der Waals surface area (Å²) in [6.07, 6.45) is 0. The number of aromatic nitrogens is 1. The number of carbonyl (C=O) groups excluding carboxylic acids is 1. The minimum atomic E-state index is -0.158. The van der Waals surface area contributed by atoms with Crippen LogP contribution in [0, 0.1) is 12.8 Å². The molecule has 1 aromatic rings. The maximum atomic E-state index is 11.6. The third-order valence-electron chi connectivity index (χ3n) is 3.57. The number of hydrazine groups is 1. The summed E-state index contributed by atoms with van der Waals surface area (Å²) in [5.74, 6) is 4.90. The molecular weight excluding hydrogens is 240 g/mol. The summed E-state index contributed by atoms with van der Waals surface area (Å²) in [5.41, 5.74) is 4.25. The summed E-state index contributed by atoms with van der Waals surface area (Å²) in [6.45, 7) is 9.59. The van der Waals surface area contributed by atoms with Gasteiger partial charge in [0.05, 0.1) is 11.6 Å². The molecule has 106 valence electrons. The first-order valence-corrected chi connectivity index (χ1v) is 6.66. The Morgan fingerprint density at radius 1 is 1.47 bits per heavy atom. The van der Waals surface area contributed by atoms with Gasteiger partial charge in [-0.05, 0) is 32.5 Å². The van der Waals surface area contributed by atoms with Gasteiger partial charge < -0.3 is 0 Å². The second kappa shape index (κ2) is 7.21. The highest BCUT2D eigenvalue weighted by molar-refractivity contribution is 5.78. The van der Waals surface area contributed by atoms with Crippen molar-refractivity contribution in [2.24, 2.45) is 11.8 Å². The predicted octanol–water partition coefficient (Wildman–Crippen LogP) is 1.23. The van der Waals surface area contributed by atoms with Crippen LogP contribution in [0.4, 0.5) is 0 Å². The van der Waals surface area contributed by atoms with E-state index >= 15 is 0 Å². The van der Waals surface area contributed by atoms with Crippen molar-refractivity contribution < 1.29 is 4.79 Å². The molecule has 0 aliphatic rings. The number of amides is 1. The van der Waals surface area contributed by atoms with Crippen LogP contribution in [0.3, 0.4) is 0 Å². The number of nitrogens with two attached hydrogens (primary N) is 1. The molecule has 1 aromatic heterocycles. The van der Waals surface area contributed by atoms with Gasteiger partial charge in [-0.2, -0.15) is 0 Å². The fourth-order valence-electron chi connectivity index (χ4n) is 2.11. The number of pyridine rings is 1. The van der Waals surface area contributed by atoms with Gasteiger partial charge in [-0.3, -0.25) is 20.1 Å². The lowest BCUT2D eigenvalue weighted by Crippen LogP contribution is -2.45. The van der Waals surface area contributed by atoms with Crippen LogP contribution >= 0.6 is 0 Å². The zero-order chi connectivity index (χ0) is 14.4. The zero-order valence-corrected chi connectivity index (χ0v) is 12.2. The van der Waals surface area contributed by atoms with Crippen molar-refractivity contribution >= 4 is 5.91 Å². The van der Waals surface area contributed by atoms with E-state index < -0.39 is 0 Å². The van der Waals surface area contributed by atoms with E-state index in [0.29, 0.717) is 0 Å². The Hall–Kier alpha value is -1.46. The number of nitrogens with zero attached hydrogens (tertiary/aromatic N) is 2. The number of nitrogens with one attached hydrogen (secondary N) is 1. The predicted molar refractivity (Wildman–Crippen MR) is 76.0 cm³/mol. The Bertz CT molecular complexity index is 422. The Morgan fingerprint density at radius 2 is 2.16 bits per heavy atom. The van der Waals surface area contributed by atoms with Crippen molar-refractivity contribution in [1.82, 2.24) is 15.3 Å². The fourth-order valence-corrected chi connectivity index (χ4v) is 2.11. The number of hydrogen-bond acceptors (Lipinski definition) is 4.